The molecule has 36 heavy (non-hydrogen) atoms. The van der Waals surface area contributed by atoms with E-state index >= 15 is 0 Å². The quantitative estimate of drug-likeness (QED) is 0.393. The Morgan fingerprint density at radius 2 is 1.86 bits per heavy atom. The van der Waals surface area contributed by atoms with Crippen LogP contribution in [0.25, 0.3) is 5.57 Å². The lowest BCUT2D eigenvalue weighted by Crippen LogP contribution is -2.32. The maximum absolute atomic E-state index is 11.6. The molecule has 2 heterocycles. The molecule has 0 radical (unpaired) electrons. The van der Waals surface area contributed by atoms with Gasteiger partial charge in [0.2, 0.25) is 17.8 Å². The van der Waals surface area contributed by atoms with Gasteiger partial charge in [0.05, 0.1) is 0 Å². The van der Waals surface area contributed by atoms with E-state index in [1.54, 1.807) is 13.1 Å². The van der Waals surface area contributed by atoms with Crippen molar-refractivity contribution in [3.05, 3.63) is 84.1 Å². The second-order valence-corrected chi connectivity index (χ2v) is 8.72. The van der Waals surface area contributed by atoms with Gasteiger partial charge in [-0.1, -0.05) is 24.8 Å². The summed E-state index contributed by atoms with van der Waals surface area (Å²) in [5.41, 5.74) is 6.75. The van der Waals surface area contributed by atoms with Crippen molar-refractivity contribution in [2.45, 2.75) is 27.2 Å². The third-order valence-corrected chi connectivity index (χ3v) is 6.05. The fraction of sp³-hybridized carbons (Fsp3) is 0.214. The highest BCUT2D eigenvalue weighted by Gasteiger charge is 2.15. The van der Waals surface area contributed by atoms with Crippen LogP contribution in [0.15, 0.2) is 67.4 Å². The molecule has 8 heteroatoms. The number of rotatable bonds is 7. The highest BCUT2D eigenvalue weighted by atomic mass is 16.2. The summed E-state index contributed by atoms with van der Waals surface area (Å²) in [6.45, 7) is 10.5. The molecule has 2 amide bonds. The molecule has 2 aromatic carbocycles. The van der Waals surface area contributed by atoms with Crippen LogP contribution < -0.4 is 16.0 Å². The molecule has 1 aliphatic rings. The summed E-state index contributed by atoms with van der Waals surface area (Å²) in [4.78, 5) is 34.1. The van der Waals surface area contributed by atoms with Gasteiger partial charge in [-0.2, -0.15) is 4.98 Å². The molecule has 184 valence electrons. The molecule has 0 fully saturated rings. The number of benzene rings is 2. The molecular formula is C28H30N6O2. The van der Waals surface area contributed by atoms with Gasteiger partial charge in [0, 0.05) is 48.8 Å². The maximum atomic E-state index is 11.6. The van der Waals surface area contributed by atoms with Gasteiger partial charge in [-0.25, -0.2) is 4.98 Å². The Hall–Kier alpha value is -4.46. The van der Waals surface area contributed by atoms with E-state index < -0.39 is 0 Å². The van der Waals surface area contributed by atoms with E-state index in [0.29, 0.717) is 24.0 Å². The minimum atomic E-state index is -0.268. The number of carbonyl (C=O) groups excluding carboxylic acids is 2. The number of anilines is 5. The number of nitrogens with zero attached hydrogens (tertiary/aromatic N) is 3. The number of nitrogens with one attached hydrogen (secondary N) is 3. The zero-order valence-corrected chi connectivity index (χ0v) is 20.8. The number of aryl methyl sites for hydroxylation is 2. The van der Waals surface area contributed by atoms with E-state index in [-0.39, 0.29) is 11.8 Å². The van der Waals surface area contributed by atoms with Crippen molar-refractivity contribution in [3.8, 4) is 0 Å². The minimum absolute atomic E-state index is 0.111. The fourth-order valence-electron chi connectivity index (χ4n) is 3.97. The van der Waals surface area contributed by atoms with Crippen molar-refractivity contribution >= 4 is 46.2 Å². The summed E-state index contributed by atoms with van der Waals surface area (Å²) in [6, 6.07) is 13.6. The summed E-state index contributed by atoms with van der Waals surface area (Å²) in [5.74, 6) is 0.983. The Morgan fingerprint density at radius 1 is 1.06 bits per heavy atom. The summed E-state index contributed by atoms with van der Waals surface area (Å²) in [6.07, 6.45) is 5.97. The molecule has 3 aromatic rings. The summed E-state index contributed by atoms with van der Waals surface area (Å²) in [7, 11) is 0. The highest BCUT2D eigenvalue weighted by molar-refractivity contribution is 5.99. The van der Waals surface area contributed by atoms with Gasteiger partial charge in [-0.15, -0.1) is 0 Å². The first-order chi connectivity index (χ1) is 17.3. The standard InChI is InChI=1S/C28H30N6O2/c1-5-26(36)30-23-7-6-8-24(16-23)31-27-19(3)17-29-28(33-27)32-25-10-9-22(15-18(25)2)21-11-13-34(14-12-21)20(4)35/h5-11,15-17H,1,12-14H2,2-4H3,(H,30,36)(H2,29,31,32,33). The number of carbonyl (C=O) groups is 2. The largest absolute Gasteiger partial charge is 0.340 e. The summed E-state index contributed by atoms with van der Waals surface area (Å²) in [5, 5.41) is 9.38. The van der Waals surface area contributed by atoms with Crippen molar-refractivity contribution in [3.63, 3.8) is 0 Å². The smallest absolute Gasteiger partial charge is 0.247 e. The number of aromatic nitrogens is 2. The number of hydrogen-bond acceptors (Lipinski definition) is 6. The Morgan fingerprint density at radius 3 is 2.56 bits per heavy atom. The Labute approximate surface area is 211 Å². The van der Waals surface area contributed by atoms with E-state index in [1.807, 2.05) is 49.1 Å². The van der Waals surface area contributed by atoms with Crippen LogP contribution in [0, 0.1) is 13.8 Å². The fourth-order valence-corrected chi connectivity index (χ4v) is 3.97. The molecule has 1 aromatic heterocycles. The lowest BCUT2D eigenvalue weighted by atomic mass is 9.97. The summed E-state index contributed by atoms with van der Waals surface area (Å²) >= 11 is 0. The SMILES string of the molecule is C=CC(=O)Nc1cccc(Nc2nc(Nc3ccc(C4=CCN(C(C)=O)CC4)cc3C)ncc2C)c1. The molecule has 0 saturated heterocycles. The molecule has 0 saturated carbocycles. The van der Waals surface area contributed by atoms with Crippen molar-refractivity contribution in [2.75, 3.05) is 29.0 Å². The minimum Gasteiger partial charge on any atom is -0.340 e. The van der Waals surface area contributed by atoms with Crippen molar-refractivity contribution < 1.29 is 9.59 Å². The molecule has 0 unspecified atom stereocenters. The molecule has 8 nitrogen and oxygen atoms in total. The first-order valence-corrected chi connectivity index (χ1v) is 11.8. The molecular weight excluding hydrogens is 452 g/mol. The van der Waals surface area contributed by atoms with Gasteiger partial charge >= 0.3 is 0 Å². The van der Waals surface area contributed by atoms with E-state index in [9.17, 15) is 9.59 Å². The predicted octanol–water partition coefficient (Wildman–Crippen LogP) is 5.34. The molecule has 4 rings (SSSR count). The second-order valence-electron chi connectivity index (χ2n) is 8.72. The van der Waals surface area contributed by atoms with Gasteiger partial charge in [0.25, 0.3) is 0 Å². The number of hydrogen-bond donors (Lipinski definition) is 3. The maximum Gasteiger partial charge on any atom is 0.247 e. The predicted molar refractivity (Wildman–Crippen MR) is 145 cm³/mol. The molecule has 0 bridgehead atoms. The van der Waals surface area contributed by atoms with Crippen LogP contribution in [-0.4, -0.2) is 39.8 Å². The Bertz CT molecular complexity index is 1350. The molecule has 0 aliphatic carbocycles. The topological polar surface area (TPSA) is 99.2 Å². The van der Waals surface area contributed by atoms with Gasteiger partial charge in [0.15, 0.2) is 0 Å². The van der Waals surface area contributed by atoms with Crippen LogP contribution >= 0.6 is 0 Å². The van der Waals surface area contributed by atoms with E-state index in [1.165, 1.54) is 11.6 Å². The van der Waals surface area contributed by atoms with Gasteiger partial charge in [-0.3, -0.25) is 9.59 Å². The van der Waals surface area contributed by atoms with Crippen LogP contribution in [0.4, 0.5) is 28.8 Å². The third kappa shape index (κ3) is 5.96. The summed E-state index contributed by atoms with van der Waals surface area (Å²) < 4.78 is 0. The second kappa shape index (κ2) is 10.9. The molecule has 3 N–H and O–H groups in total. The lowest BCUT2D eigenvalue weighted by Gasteiger charge is -2.25. The van der Waals surface area contributed by atoms with Crippen LogP contribution in [0.3, 0.4) is 0 Å². The van der Waals surface area contributed by atoms with E-state index in [2.05, 4.69) is 50.7 Å². The van der Waals surface area contributed by atoms with Crippen LogP contribution in [0.5, 0.6) is 0 Å². The van der Waals surface area contributed by atoms with Crippen molar-refractivity contribution in [1.29, 1.82) is 0 Å². The third-order valence-electron chi connectivity index (χ3n) is 6.05. The van der Waals surface area contributed by atoms with Crippen LogP contribution in [-0.2, 0) is 9.59 Å². The van der Waals surface area contributed by atoms with Gasteiger partial charge < -0.3 is 20.9 Å². The Balaban J connectivity index is 1.48. The first-order valence-electron chi connectivity index (χ1n) is 11.8. The van der Waals surface area contributed by atoms with Crippen LogP contribution in [0.2, 0.25) is 0 Å². The van der Waals surface area contributed by atoms with Gasteiger partial charge in [-0.05, 0) is 73.4 Å². The van der Waals surface area contributed by atoms with Crippen molar-refractivity contribution in [1.82, 2.24) is 14.9 Å². The average Bonchev–Trinajstić information content (AvgIpc) is 2.87. The first kappa shape index (κ1) is 24.7. The van der Waals surface area contributed by atoms with Gasteiger partial charge in [0.1, 0.15) is 5.82 Å². The monoisotopic (exact) mass is 482 g/mol. The van der Waals surface area contributed by atoms with Crippen molar-refractivity contribution in [2.24, 2.45) is 0 Å². The molecule has 1 aliphatic heterocycles. The zero-order valence-electron chi connectivity index (χ0n) is 20.8. The zero-order chi connectivity index (χ0) is 25.7. The molecule has 0 spiro atoms. The molecule has 0 atom stereocenters. The lowest BCUT2D eigenvalue weighted by molar-refractivity contribution is -0.128. The average molecular weight is 483 g/mol. The Kier molecular flexibility index (Phi) is 7.44. The highest BCUT2D eigenvalue weighted by Crippen LogP contribution is 2.28. The normalized spacial score (nSPS) is 13.0. The van der Waals surface area contributed by atoms with E-state index in [4.69, 9.17) is 0 Å². The number of amides is 2. The van der Waals surface area contributed by atoms with Crippen LogP contribution in [0.1, 0.15) is 30.0 Å². The van der Waals surface area contributed by atoms with E-state index in [0.717, 1.165) is 41.0 Å².